The number of anilines is 1. The summed E-state index contributed by atoms with van der Waals surface area (Å²) in [5.74, 6) is 0.647. The summed E-state index contributed by atoms with van der Waals surface area (Å²) in [5, 5.41) is 3.88. The smallest absolute Gasteiger partial charge is 0.323 e. The molecule has 1 aromatic rings. The van der Waals surface area contributed by atoms with Gasteiger partial charge in [-0.1, -0.05) is 18.5 Å². The Kier molecular flexibility index (Phi) is 5.82. The summed E-state index contributed by atoms with van der Waals surface area (Å²) in [4.78, 5) is 18.4. The van der Waals surface area contributed by atoms with Gasteiger partial charge < -0.3 is 10.1 Å². The van der Waals surface area contributed by atoms with Gasteiger partial charge in [0.15, 0.2) is 0 Å². The highest BCUT2D eigenvalue weighted by Crippen LogP contribution is 2.24. The van der Waals surface area contributed by atoms with Gasteiger partial charge in [0.2, 0.25) is 0 Å². The molecule has 116 valence electrons. The first kappa shape index (κ1) is 16.0. The van der Waals surface area contributed by atoms with E-state index in [1.165, 1.54) is 7.11 Å². The third-order valence-corrected chi connectivity index (χ3v) is 4.01. The Labute approximate surface area is 130 Å². The fraction of sp³-hybridized carbons (Fsp3) is 0.600. The second kappa shape index (κ2) is 7.61. The number of carbonyl (C=O) groups is 1. The summed E-state index contributed by atoms with van der Waals surface area (Å²) in [5.41, 5.74) is 0.800. The lowest BCUT2D eigenvalue weighted by atomic mass is 10.2. The molecule has 0 radical (unpaired) electrons. The number of hydrogen-bond donors (Lipinski definition) is 1. The molecule has 6 heteroatoms. The Balaban J connectivity index is 2.09. The molecule has 5 nitrogen and oxygen atoms in total. The van der Waals surface area contributed by atoms with Crippen LogP contribution in [0.25, 0.3) is 0 Å². The van der Waals surface area contributed by atoms with Gasteiger partial charge in [0, 0.05) is 13.1 Å². The number of halogens is 1. The first-order valence-electron chi connectivity index (χ1n) is 7.37. The number of hydrogen-bond acceptors (Lipinski definition) is 5. The van der Waals surface area contributed by atoms with E-state index in [4.69, 9.17) is 16.3 Å². The molecular formula is C15H22ClN3O2. The molecule has 0 saturated carbocycles. The fourth-order valence-corrected chi connectivity index (χ4v) is 2.72. The molecule has 0 aliphatic carbocycles. The summed E-state index contributed by atoms with van der Waals surface area (Å²) < 4.78 is 4.86. The van der Waals surface area contributed by atoms with Crippen molar-refractivity contribution >= 4 is 23.4 Å². The van der Waals surface area contributed by atoms with E-state index in [1.807, 2.05) is 12.1 Å². The maximum atomic E-state index is 11.8. The van der Waals surface area contributed by atoms with Crippen LogP contribution in [0.1, 0.15) is 31.9 Å². The van der Waals surface area contributed by atoms with Crippen molar-refractivity contribution in [3.8, 4) is 0 Å². The third kappa shape index (κ3) is 4.08. The number of methoxy groups -OCH3 is 1. The Morgan fingerprint density at radius 2 is 2.38 bits per heavy atom. The minimum atomic E-state index is -0.180. The second-order valence-electron chi connectivity index (χ2n) is 5.20. The number of rotatable bonds is 6. The van der Waals surface area contributed by atoms with Crippen molar-refractivity contribution in [1.82, 2.24) is 9.88 Å². The first-order valence-corrected chi connectivity index (χ1v) is 7.74. The van der Waals surface area contributed by atoms with Crippen LogP contribution in [0.2, 0.25) is 5.02 Å². The number of ether oxygens (including phenoxy) is 1. The highest BCUT2D eigenvalue weighted by atomic mass is 35.5. The Morgan fingerprint density at radius 1 is 1.57 bits per heavy atom. The number of esters is 1. The summed E-state index contributed by atoms with van der Waals surface area (Å²) in [6.07, 6.45) is 2.86. The maximum absolute atomic E-state index is 11.8. The SMILES string of the molecule is CCCNc1ccc(Cl)c(CN2CCCC2C(=O)OC)n1. The lowest BCUT2D eigenvalue weighted by Crippen LogP contribution is -2.36. The van der Waals surface area contributed by atoms with Gasteiger partial charge >= 0.3 is 5.97 Å². The topological polar surface area (TPSA) is 54.5 Å². The minimum absolute atomic E-state index is 0.177. The zero-order chi connectivity index (χ0) is 15.2. The summed E-state index contributed by atoms with van der Waals surface area (Å²) in [7, 11) is 1.43. The van der Waals surface area contributed by atoms with Crippen molar-refractivity contribution in [2.45, 2.75) is 38.8 Å². The minimum Gasteiger partial charge on any atom is -0.468 e. The highest BCUT2D eigenvalue weighted by molar-refractivity contribution is 6.31. The van der Waals surface area contributed by atoms with Crippen molar-refractivity contribution in [2.75, 3.05) is 25.5 Å². The second-order valence-corrected chi connectivity index (χ2v) is 5.61. The summed E-state index contributed by atoms with van der Waals surface area (Å²) in [6.45, 7) is 4.42. The maximum Gasteiger partial charge on any atom is 0.323 e. The van der Waals surface area contributed by atoms with E-state index in [-0.39, 0.29) is 12.0 Å². The van der Waals surface area contributed by atoms with Crippen molar-refractivity contribution in [3.63, 3.8) is 0 Å². The zero-order valence-corrected chi connectivity index (χ0v) is 13.3. The van der Waals surface area contributed by atoms with Crippen molar-refractivity contribution in [1.29, 1.82) is 0 Å². The van der Waals surface area contributed by atoms with E-state index in [1.54, 1.807) is 0 Å². The Hall–Kier alpha value is -1.33. The monoisotopic (exact) mass is 311 g/mol. The molecule has 0 bridgehead atoms. The molecule has 2 heterocycles. The average molecular weight is 312 g/mol. The number of nitrogens with one attached hydrogen (secondary N) is 1. The Bertz CT molecular complexity index is 496. The van der Waals surface area contributed by atoms with Crippen LogP contribution in [0.3, 0.4) is 0 Å². The average Bonchev–Trinajstić information content (AvgIpc) is 2.95. The van der Waals surface area contributed by atoms with Crippen LogP contribution in [-0.2, 0) is 16.1 Å². The molecule has 1 saturated heterocycles. The zero-order valence-electron chi connectivity index (χ0n) is 12.6. The van der Waals surface area contributed by atoms with Crippen LogP contribution < -0.4 is 5.32 Å². The highest BCUT2D eigenvalue weighted by Gasteiger charge is 2.32. The van der Waals surface area contributed by atoms with Crippen LogP contribution in [0.4, 0.5) is 5.82 Å². The molecule has 1 atom stereocenters. The quantitative estimate of drug-likeness (QED) is 0.819. The number of pyridine rings is 1. The first-order chi connectivity index (χ1) is 10.2. The van der Waals surface area contributed by atoms with E-state index in [0.29, 0.717) is 11.6 Å². The number of carbonyl (C=O) groups excluding carboxylic acids is 1. The van der Waals surface area contributed by atoms with E-state index in [0.717, 1.165) is 43.9 Å². The van der Waals surface area contributed by atoms with Gasteiger partial charge in [-0.15, -0.1) is 0 Å². The largest absolute Gasteiger partial charge is 0.468 e. The fourth-order valence-electron chi connectivity index (χ4n) is 2.56. The summed E-state index contributed by atoms with van der Waals surface area (Å²) in [6, 6.07) is 3.55. The lowest BCUT2D eigenvalue weighted by molar-refractivity contribution is -0.146. The molecule has 1 aliphatic rings. The molecule has 0 amide bonds. The summed E-state index contributed by atoms with van der Waals surface area (Å²) >= 11 is 6.24. The molecule has 1 aromatic heterocycles. The predicted molar refractivity (Wildman–Crippen MR) is 83.5 cm³/mol. The predicted octanol–water partition coefficient (Wildman–Crippen LogP) is 2.69. The normalized spacial score (nSPS) is 18.7. The third-order valence-electron chi connectivity index (χ3n) is 3.66. The number of aromatic nitrogens is 1. The van der Waals surface area contributed by atoms with Gasteiger partial charge in [0.05, 0.1) is 17.8 Å². The van der Waals surface area contributed by atoms with Gasteiger partial charge in [-0.3, -0.25) is 9.69 Å². The lowest BCUT2D eigenvalue weighted by Gasteiger charge is -2.22. The van der Waals surface area contributed by atoms with Gasteiger partial charge in [-0.25, -0.2) is 4.98 Å². The van der Waals surface area contributed by atoms with Crippen LogP contribution in [0, 0.1) is 0 Å². The number of nitrogens with zero attached hydrogens (tertiary/aromatic N) is 2. The Morgan fingerprint density at radius 3 is 3.10 bits per heavy atom. The molecule has 1 fully saturated rings. The number of likely N-dealkylation sites (tertiary alicyclic amines) is 1. The molecule has 2 rings (SSSR count). The molecule has 0 spiro atoms. The molecule has 21 heavy (non-hydrogen) atoms. The van der Waals surface area contributed by atoms with E-state index < -0.39 is 0 Å². The van der Waals surface area contributed by atoms with Crippen LogP contribution in [0.5, 0.6) is 0 Å². The van der Waals surface area contributed by atoms with Gasteiger partial charge in [0.1, 0.15) is 11.9 Å². The van der Waals surface area contributed by atoms with Crippen LogP contribution in [0.15, 0.2) is 12.1 Å². The molecule has 0 aromatic carbocycles. The van der Waals surface area contributed by atoms with Crippen LogP contribution in [-0.4, -0.2) is 42.1 Å². The standard InChI is InChI=1S/C15H22ClN3O2/c1-3-8-17-14-7-6-11(16)12(18-14)10-19-9-4-5-13(19)15(20)21-2/h6-7,13H,3-5,8-10H2,1-2H3,(H,17,18). The molecule has 1 unspecified atom stereocenters. The van der Waals surface area contributed by atoms with Crippen molar-refractivity contribution < 1.29 is 9.53 Å². The van der Waals surface area contributed by atoms with Crippen LogP contribution >= 0.6 is 11.6 Å². The molecule has 1 N–H and O–H groups in total. The van der Waals surface area contributed by atoms with E-state index in [9.17, 15) is 4.79 Å². The van der Waals surface area contributed by atoms with Gasteiger partial charge in [-0.05, 0) is 37.9 Å². The van der Waals surface area contributed by atoms with E-state index in [2.05, 4.69) is 22.1 Å². The molecular weight excluding hydrogens is 290 g/mol. The van der Waals surface area contributed by atoms with Crippen molar-refractivity contribution in [3.05, 3.63) is 22.8 Å². The van der Waals surface area contributed by atoms with Gasteiger partial charge in [0.25, 0.3) is 0 Å². The van der Waals surface area contributed by atoms with Gasteiger partial charge in [-0.2, -0.15) is 0 Å². The van der Waals surface area contributed by atoms with Crippen molar-refractivity contribution in [2.24, 2.45) is 0 Å². The van der Waals surface area contributed by atoms with E-state index >= 15 is 0 Å². The molecule has 1 aliphatic heterocycles.